The number of benzene rings is 3. The molecule has 1 N–H and O–H groups in total. The molecule has 3 nitrogen and oxygen atoms in total. The molecule has 1 radical (unpaired) electrons. The largest absolute Gasteiger partial charge is 0.512 e. The number of aliphatic hydroxyl groups excluding tert-OH is 1. The maximum atomic E-state index is 11.2. The molecular weight excluding hydrogens is 635 g/mol. The van der Waals surface area contributed by atoms with Gasteiger partial charge in [-0.3, -0.25) is 4.79 Å². The van der Waals surface area contributed by atoms with Crippen molar-refractivity contribution < 1.29 is 30.0 Å². The normalized spacial score (nSPS) is 11.7. The Labute approximate surface area is 234 Å². The molecule has 0 unspecified atom stereocenters. The van der Waals surface area contributed by atoms with Crippen LogP contribution in [-0.2, 0) is 24.9 Å². The average Bonchev–Trinajstić information content (AvgIpc) is 2.95. The minimum Gasteiger partial charge on any atom is -0.512 e. The van der Waals surface area contributed by atoms with Gasteiger partial charge in [-0.25, -0.2) is 0 Å². The van der Waals surface area contributed by atoms with Crippen LogP contribution in [-0.4, -0.2) is 15.9 Å². The first kappa shape index (κ1) is 28.5. The smallest absolute Gasteiger partial charge is 0.159 e. The van der Waals surface area contributed by atoms with Crippen molar-refractivity contribution in [2.75, 3.05) is 0 Å². The molecule has 0 spiro atoms. The van der Waals surface area contributed by atoms with E-state index in [4.69, 9.17) is 4.98 Å². The van der Waals surface area contributed by atoms with E-state index in [1.165, 1.54) is 44.7 Å². The molecule has 1 aliphatic carbocycles. The average molecular weight is 669 g/mol. The molecule has 3 aromatic carbocycles. The molecule has 5 rings (SSSR count). The van der Waals surface area contributed by atoms with E-state index < -0.39 is 0 Å². The molecular formula is C33H34IrNO2-. The molecule has 1 heterocycles. The number of carbonyl (C=O) groups is 1. The number of rotatable bonds is 5. The van der Waals surface area contributed by atoms with Crippen molar-refractivity contribution in [1.29, 1.82) is 0 Å². The van der Waals surface area contributed by atoms with Gasteiger partial charge in [-0.05, 0) is 58.0 Å². The van der Waals surface area contributed by atoms with E-state index in [-0.39, 0.29) is 31.6 Å². The summed E-state index contributed by atoms with van der Waals surface area (Å²) in [7, 11) is 0. The number of allylic oxidation sites excluding steroid dienone is 2. The van der Waals surface area contributed by atoms with Crippen molar-refractivity contribution in [2.45, 2.75) is 47.5 Å². The van der Waals surface area contributed by atoms with Crippen LogP contribution >= 0.6 is 0 Å². The van der Waals surface area contributed by atoms with Gasteiger partial charge in [-0.2, -0.15) is 0 Å². The van der Waals surface area contributed by atoms with Crippen LogP contribution in [0.2, 0.25) is 0 Å². The van der Waals surface area contributed by atoms with E-state index in [9.17, 15) is 9.90 Å². The van der Waals surface area contributed by atoms with Crippen molar-refractivity contribution in [1.82, 2.24) is 4.98 Å². The summed E-state index contributed by atoms with van der Waals surface area (Å²) in [6.45, 7) is 10.2. The summed E-state index contributed by atoms with van der Waals surface area (Å²) < 4.78 is 0. The van der Waals surface area contributed by atoms with Gasteiger partial charge in [0.2, 0.25) is 0 Å². The Morgan fingerprint density at radius 2 is 1.54 bits per heavy atom. The zero-order valence-electron chi connectivity index (χ0n) is 22.1. The van der Waals surface area contributed by atoms with E-state index in [1.807, 2.05) is 40.0 Å². The number of hydrogen-bond acceptors (Lipinski definition) is 3. The van der Waals surface area contributed by atoms with Gasteiger partial charge in [-0.1, -0.05) is 75.2 Å². The van der Waals surface area contributed by atoms with Gasteiger partial charge in [0.1, 0.15) is 0 Å². The zero-order chi connectivity index (χ0) is 25.8. The van der Waals surface area contributed by atoms with Gasteiger partial charge in [0.05, 0.1) is 5.76 Å². The number of carbonyl (C=O) groups excluding carboxylic acids is 1. The molecule has 193 valence electrons. The second kappa shape index (κ2) is 12.4. The summed E-state index contributed by atoms with van der Waals surface area (Å²) in [6, 6.07) is 24.8. The summed E-state index contributed by atoms with van der Waals surface area (Å²) in [4.78, 5) is 15.9. The van der Waals surface area contributed by atoms with Crippen LogP contribution in [0.25, 0.3) is 44.3 Å². The van der Waals surface area contributed by atoms with E-state index in [0.29, 0.717) is 24.7 Å². The van der Waals surface area contributed by atoms with Crippen LogP contribution in [0.1, 0.15) is 46.1 Å². The third kappa shape index (κ3) is 6.44. The number of ketones is 1. The molecule has 0 amide bonds. The van der Waals surface area contributed by atoms with Gasteiger partial charge in [0, 0.05) is 45.2 Å². The molecule has 1 aromatic heterocycles. The van der Waals surface area contributed by atoms with Gasteiger partial charge in [0.15, 0.2) is 5.78 Å². The van der Waals surface area contributed by atoms with E-state index in [2.05, 4.69) is 67.6 Å². The number of aryl methyl sites for hydroxylation is 1. The fraction of sp³-hybridized carbons (Fsp3) is 0.273. The van der Waals surface area contributed by atoms with Crippen LogP contribution < -0.4 is 0 Å². The first-order valence-corrected chi connectivity index (χ1v) is 12.7. The predicted octanol–water partition coefficient (Wildman–Crippen LogP) is 8.74. The van der Waals surface area contributed by atoms with Crippen molar-refractivity contribution >= 4 is 16.6 Å². The van der Waals surface area contributed by atoms with E-state index in [0.717, 1.165) is 11.3 Å². The van der Waals surface area contributed by atoms with Gasteiger partial charge in [-0.15, -0.1) is 29.8 Å². The van der Waals surface area contributed by atoms with Crippen molar-refractivity contribution in [2.24, 2.45) is 11.8 Å². The minimum atomic E-state index is 0. The fourth-order valence-corrected chi connectivity index (χ4v) is 4.79. The number of nitrogens with zero attached hydrogens (tertiary/aromatic N) is 1. The van der Waals surface area contributed by atoms with Crippen molar-refractivity contribution in [3.8, 4) is 33.5 Å². The number of hydrogen-bond donors (Lipinski definition) is 1. The number of aromatic nitrogens is 1. The van der Waals surface area contributed by atoms with Crippen molar-refractivity contribution in [3.05, 3.63) is 90.3 Å². The van der Waals surface area contributed by atoms with Gasteiger partial charge in [0.25, 0.3) is 0 Å². The second-order valence-corrected chi connectivity index (χ2v) is 10.3. The minimum absolute atomic E-state index is 0. The number of aliphatic hydroxyl groups is 1. The van der Waals surface area contributed by atoms with Crippen LogP contribution in [0.15, 0.2) is 78.7 Å². The number of fused-ring (bicyclic) bond motifs is 5. The van der Waals surface area contributed by atoms with Crippen LogP contribution in [0.5, 0.6) is 0 Å². The maximum absolute atomic E-state index is 11.2. The molecule has 37 heavy (non-hydrogen) atoms. The molecule has 0 atom stereocenters. The third-order valence-corrected chi connectivity index (χ3v) is 6.30. The molecule has 4 heteroatoms. The van der Waals surface area contributed by atoms with E-state index in [1.54, 1.807) is 0 Å². The molecule has 0 saturated heterocycles. The molecule has 0 bridgehead atoms. The van der Waals surface area contributed by atoms with Gasteiger partial charge >= 0.3 is 0 Å². The first-order chi connectivity index (χ1) is 17.3. The maximum Gasteiger partial charge on any atom is 0.159 e. The Morgan fingerprint density at radius 3 is 2.22 bits per heavy atom. The van der Waals surface area contributed by atoms with Crippen LogP contribution in [0.3, 0.4) is 0 Å². The summed E-state index contributed by atoms with van der Waals surface area (Å²) in [5.74, 6) is 0.979. The second-order valence-electron chi connectivity index (χ2n) is 10.3. The van der Waals surface area contributed by atoms with Crippen LogP contribution in [0, 0.1) is 24.8 Å². The standard InChI is InChI=1S/C22H14N.C11H20O2.Ir/c1-14-10-11-19-17-7-3-2-6-16(17)18-8-4-5-9-20(18)22-21(19)15(14)12-13-23-22;1-8(2)5-10(12)7-11(13)6-9(3)4;/h2-8,10-13H,1H3;7-9,12H,5-6H2,1-4H3;/q-1;;/b;10-7-;. The van der Waals surface area contributed by atoms with Gasteiger partial charge < -0.3 is 10.1 Å². The predicted molar refractivity (Wildman–Crippen MR) is 150 cm³/mol. The number of pyridine rings is 1. The molecule has 0 fully saturated rings. The third-order valence-electron chi connectivity index (χ3n) is 6.30. The Hall–Kier alpha value is -3.07. The monoisotopic (exact) mass is 669 g/mol. The topological polar surface area (TPSA) is 50.2 Å². The summed E-state index contributed by atoms with van der Waals surface area (Å²) in [5.41, 5.74) is 8.39. The Kier molecular flexibility index (Phi) is 9.59. The van der Waals surface area contributed by atoms with E-state index >= 15 is 0 Å². The van der Waals surface area contributed by atoms with Crippen molar-refractivity contribution in [3.63, 3.8) is 0 Å². The SMILES string of the molecule is CC(C)CC(=O)/C=C(\O)CC(C)C.Cc1ccc2c3c(nccc13)-c1[c-]cccc1-c1ccccc1-2.[Ir]. The Balaban J connectivity index is 0.000000237. The summed E-state index contributed by atoms with van der Waals surface area (Å²) >= 11 is 0. The summed E-state index contributed by atoms with van der Waals surface area (Å²) in [5, 5.41) is 11.9. The first-order valence-electron chi connectivity index (χ1n) is 12.7. The van der Waals surface area contributed by atoms with Crippen LogP contribution in [0.4, 0.5) is 0 Å². The molecule has 1 aliphatic rings. The quantitative estimate of drug-likeness (QED) is 0.116. The molecule has 0 aliphatic heterocycles. The molecule has 4 aromatic rings. The molecule has 0 saturated carbocycles. The Bertz CT molecular complexity index is 1380. The fourth-order valence-electron chi connectivity index (χ4n) is 4.79. The zero-order valence-corrected chi connectivity index (χ0v) is 24.5. The Morgan fingerprint density at radius 1 is 0.892 bits per heavy atom. The summed E-state index contributed by atoms with van der Waals surface area (Å²) in [6.07, 6.45) is 4.38.